The van der Waals surface area contributed by atoms with E-state index in [1.54, 1.807) is 0 Å². The van der Waals surface area contributed by atoms with Crippen molar-refractivity contribution in [2.24, 2.45) is 11.0 Å². The molecule has 1 aliphatic rings. The highest BCUT2D eigenvalue weighted by atomic mass is 15.1. The summed E-state index contributed by atoms with van der Waals surface area (Å²) in [6.07, 6.45) is 2.44. The second-order valence-electron chi connectivity index (χ2n) is 3.09. The van der Waals surface area contributed by atoms with Gasteiger partial charge in [-0.25, -0.2) is 5.53 Å². The molecule has 1 fully saturated rings. The van der Waals surface area contributed by atoms with Crippen molar-refractivity contribution in [1.82, 2.24) is 4.90 Å². The van der Waals surface area contributed by atoms with E-state index in [9.17, 15) is 0 Å². The Morgan fingerprint density at radius 2 is 2.10 bits per heavy atom. The fourth-order valence-corrected chi connectivity index (χ4v) is 1.37. The number of hydrogen-bond donors (Lipinski definition) is 1. The van der Waals surface area contributed by atoms with E-state index in [2.05, 4.69) is 17.1 Å². The molecule has 1 heterocycles. The molecule has 0 amide bonds. The van der Waals surface area contributed by atoms with Crippen LogP contribution in [-0.2, 0) is 0 Å². The predicted octanol–water partition coefficient (Wildman–Crippen LogP) is 1.36. The van der Waals surface area contributed by atoms with Crippen molar-refractivity contribution in [3.8, 4) is 0 Å². The zero-order chi connectivity index (χ0) is 7.40. The average molecular weight is 141 g/mol. The molecule has 0 radical (unpaired) electrons. The van der Waals surface area contributed by atoms with Crippen molar-refractivity contribution < 1.29 is 0 Å². The second kappa shape index (κ2) is 3.66. The fourth-order valence-electron chi connectivity index (χ4n) is 1.37. The summed E-state index contributed by atoms with van der Waals surface area (Å²) in [6, 6.07) is 0. The van der Waals surface area contributed by atoms with Gasteiger partial charge in [-0.3, -0.25) is 0 Å². The lowest BCUT2D eigenvalue weighted by molar-refractivity contribution is 0.222. The third-order valence-corrected chi connectivity index (χ3v) is 2.19. The van der Waals surface area contributed by atoms with Crippen molar-refractivity contribution in [2.75, 3.05) is 26.7 Å². The van der Waals surface area contributed by atoms with E-state index < -0.39 is 0 Å². The van der Waals surface area contributed by atoms with Crippen LogP contribution in [0.3, 0.4) is 0 Å². The van der Waals surface area contributed by atoms with Gasteiger partial charge >= 0.3 is 0 Å². The van der Waals surface area contributed by atoms with Crippen LogP contribution in [0.4, 0.5) is 0 Å². The van der Waals surface area contributed by atoms with E-state index in [0.717, 1.165) is 6.54 Å². The first-order valence-electron chi connectivity index (χ1n) is 3.84. The average Bonchev–Trinajstić information content (AvgIpc) is 1.95. The van der Waals surface area contributed by atoms with Gasteiger partial charge in [-0.1, -0.05) is 0 Å². The second-order valence-corrected chi connectivity index (χ2v) is 3.09. The number of rotatable bonds is 2. The topological polar surface area (TPSA) is 39.5 Å². The molecule has 1 N–H and O–H groups in total. The highest BCUT2D eigenvalue weighted by Gasteiger charge is 2.15. The molecule has 3 nitrogen and oxygen atoms in total. The first-order valence-corrected chi connectivity index (χ1v) is 3.84. The zero-order valence-corrected chi connectivity index (χ0v) is 6.51. The maximum absolute atomic E-state index is 6.70. The highest BCUT2D eigenvalue weighted by Crippen LogP contribution is 2.15. The van der Waals surface area contributed by atoms with Crippen LogP contribution >= 0.6 is 0 Å². The van der Waals surface area contributed by atoms with Gasteiger partial charge in [0.05, 0.1) is 6.54 Å². The summed E-state index contributed by atoms with van der Waals surface area (Å²) in [7, 11) is 2.15. The maximum atomic E-state index is 6.70. The van der Waals surface area contributed by atoms with Crippen LogP contribution in [0, 0.1) is 11.4 Å². The van der Waals surface area contributed by atoms with Crippen molar-refractivity contribution in [2.45, 2.75) is 12.8 Å². The van der Waals surface area contributed by atoms with Crippen LogP contribution in [0.25, 0.3) is 0 Å². The van der Waals surface area contributed by atoms with Crippen LogP contribution in [0.1, 0.15) is 12.8 Å². The van der Waals surface area contributed by atoms with Crippen molar-refractivity contribution in [1.29, 1.82) is 5.53 Å². The minimum atomic E-state index is 0.689. The third kappa shape index (κ3) is 2.06. The molecule has 10 heavy (non-hydrogen) atoms. The number of nitrogens with one attached hydrogen (secondary N) is 1. The SMILES string of the molecule is CN1CCC(CN=N)CC1. The lowest BCUT2D eigenvalue weighted by atomic mass is 9.98. The van der Waals surface area contributed by atoms with Gasteiger partial charge in [0.25, 0.3) is 0 Å². The summed E-state index contributed by atoms with van der Waals surface area (Å²) in [6.45, 7) is 3.11. The van der Waals surface area contributed by atoms with Gasteiger partial charge in [0, 0.05) is 0 Å². The van der Waals surface area contributed by atoms with Crippen molar-refractivity contribution >= 4 is 0 Å². The maximum Gasteiger partial charge on any atom is 0.0625 e. The number of likely N-dealkylation sites (tertiary alicyclic amines) is 1. The molecular weight excluding hydrogens is 126 g/mol. The highest BCUT2D eigenvalue weighted by molar-refractivity contribution is 4.70. The predicted molar refractivity (Wildman–Crippen MR) is 40.2 cm³/mol. The molecular formula is C7H15N3. The smallest absolute Gasteiger partial charge is 0.0625 e. The third-order valence-electron chi connectivity index (χ3n) is 2.19. The molecule has 0 bridgehead atoms. The Kier molecular flexibility index (Phi) is 2.81. The Labute approximate surface area is 61.9 Å². The van der Waals surface area contributed by atoms with Crippen LogP contribution in [0.15, 0.2) is 5.11 Å². The molecule has 0 aromatic rings. The van der Waals surface area contributed by atoms with Gasteiger partial charge in [0.1, 0.15) is 0 Å². The molecule has 0 aliphatic carbocycles. The number of hydrogen-bond acceptors (Lipinski definition) is 3. The van der Waals surface area contributed by atoms with E-state index in [1.165, 1.54) is 25.9 Å². The number of nitrogens with zero attached hydrogens (tertiary/aromatic N) is 2. The Morgan fingerprint density at radius 1 is 1.50 bits per heavy atom. The minimum Gasteiger partial charge on any atom is -0.306 e. The lowest BCUT2D eigenvalue weighted by Gasteiger charge is -2.27. The first kappa shape index (κ1) is 7.66. The molecule has 0 unspecified atom stereocenters. The van der Waals surface area contributed by atoms with Crippen LogP contribution in [-0.4, -0.2) is 31.6 Å². The van der Waals surface area contributed by atoms with Crippen LogP contribution in [0.5, 0.6) is 0 Å². The summed E-state index contributed by atoms with van der Waals surface area (Å²) in [5, 5.41) is 3.42. The van der Waals surface area contributed by atoms with Crippen molar-refractivity contribution in [3.63, 3.8) is 0 Å². The molecule has 0 aromatic carbocycles. The van der Waals surface area contributed by atoms with E-state index in [0.29, 0.717) is 5.92 Å². The monoisotopic (exact) mass is 141 g/mol. The Morgan fingerprint density at radius 3 is 2.60 bits per heavy atom. The quantitative estimate of drug-likeness (QED) is 0.579. The Hall–Kier alpha value is -0.440. The Bertz CT molecular complexity index is 105. The molecule has 58 valence electrons. The van der Waals surface area contributed by atoms with Gasteiger partial charge in [0.2, 0.25) is 0 Å². The number of piperidine rings is 1. The Balaban J connectivity index is 2.19. The van der Waals surface area contributed by atoms with Crippen molar-refractivity contribution in [3.05, 3.63) is 0 Å². The summed E-state index contributed by atoms with van der Waals surface area (Å²) < 4.78 is 0. The summed E-state index contributed by atoms with van der Waals surface area (Å²) >= 11 is 0. The normalized spacial score (nSPS) is 22.9. The van der Waals surface area contributed by atoms with Gasteiger partial charge in [0.15, 0.2) is 0 Å². The minimum absolute atomic E-state index is 0.689. The van der Waals surface area contributed by atoms with E-state index in [4.69, 9.17) is 5.53 Å². The molecule has 0 saturated carbocycles. The van der Waals surface area contributed by atoms with Crippen LogP contribution in [0.2, 0.25) is 0 Å². The molecule has 0 spiro atoms. The van der Waals surface area contributed by atoms with E-state index in [-0.39, 0.29) is 0 Å². The van der Waals surface area contributed by atoms with E-state index >= 15 is 0 Å². The molecule has 3 heteroatoms. The zero-order valence-electron chi connectivity index (χ0n) is 6.51. The fraction of sp³-hybridized carbons (Fsp3) is 1.00. The first-order chi connectivity index (χ1) is 4.83. The van der Waals surface area contributed by atoms with E-state index in [1.807, 2.05) is 0 Å². The van der Waals surface area contributed by atoms with Gasteiger partial charge in [-0.05, 0) is 38.9 Å². The van der Waals surface area contributed by atoms with Gasteiger partial charge in [-0.2, -0.15) is 5.11 Å². The standard InChI is InChI=1S/C7H15N3/c1-10-4-2-7(3-5-10)6-9-8/h7-8H,2-6H2,1H3. The summed E-state index contributed by atoms with van der Waals surface area (Å²) in [5.74, 6) is 0.689. The van der Waals surface area contributed by atoms with Crippen LogP contribution < -0.4 is 0 Å². The molecule has 1 rings (SSSR count). The molecule has 0 atom stereocenters. The molecule has 1 saturated heterocycles. The molecule has 0 aromatic heterocycles. The molecule has 1 aliphatic heterocycles. The van der Waals surface area contributed by atoms with Gasteiger partial charge < -0.3 is 4.90 Å². The largest absolute Gasteiger partial charge is 0.306 e. The summed E-state index contributed by atoms with van der Waals surface area (Å²) in [5.41, 5.74) is 6.70. The lowest BCUT2D eigenvalue weighted by Crippen LogP contribution is -2.31. The van der Waals surface area contributed by atoms with Gasteiger partial charge in [-0.15, -0.1) is 0 Å². The summed E-state index contributed by atoms with van der Waals surface area (Å²) in [4.78, 5) is 2.33.